The van der Waals surface area contributed by atoms with Gasteiger partial charge in [0.2, 0.25) is 0 Å². The number of hydrogen-bond acceptors (Lipinski definition) is 4. The summed E-state index contributed by atoms with van der Waals surface area (Å²) in [7, 11) is 3.06. The van der Waals surface area contributed by atoms with Crippen LogP contribution < -0.4 is 11.2 Å². The fraction of sp³-hybridized carbons (Fsp3) is 0.316. The molecule has 0 N–H and O–H groups in total. The number of hydrogen-bond donors (Lipinski definition) is 0. The molecular weight excluding hydrogens is 334 g/mol. The number of aryl methyl sites for hydroxylation is 2. The second-order valence-electron chi connectivity index (χ2n) is 6.25. The summed E-state index contributed by atoms with van der Waals surface area (Å²) in [6, 6.07) is 7.68. The van der Waals surface area contributed by atoms with E-state index in [0.717, 1.165) is 15.7 Å². The van der Waals surface area contributed by atoms with Crippen LogP contribution in [-0.2, 0) is 30.2 Å². The summed E-state index contributed by atoms with van der Waals surface area (Å²) < 4.78 is 9.23. The van der Waals surface area contributed by atoms with Gasteiger partial charge in [0.25, 0.3) is 5.56 Å². The van der Waals surface area contributed by atoms with Crippen LogP contribution in [0.2, 0.25) is 0 Å². The number of carbonyl (C=O) groups is 1. The summed E-state index contributed by atoms with van der Waals surface area (Å²) in [5.41, 5.74) is 2.13. The van der Waals surface area contributed by atoms with Gasteiger partial charge < -0.3 is 9.30 Å². The number of aromatic nitrogens is 3. The van der Waals surface area contributed by atoms with Gasteiger partial charge in [-0.1, -0.05) is 23.8 Å². The van der Waals surface area contributed by atoms with Crippen molar-refractivity contribution in [3.63, 3.8) is 0 Å². The highest BCUT2D eigenvalue weighted by Crippen LogP contribution is 2.28. The second kappa shape index (κ2) is 6.67. The van der Waals surface area contributed by atoms with Crippen molar-refractivity contribution in [1.29, 1.82) is 0 Å². The van der Waals surface area contributed by atoms with Crippen molar-refractivity contribution in [3.8, 4) is 11.3 Å². The third-order valence-electron chi connectivity index (χ3n) is 4.41. The molecule has 2 aromatic heterocycles. The van der Waals surface area contributed by atoms with Gasteiger partial charge in [0.15, 0.2) is 0 Å². The molecule has 0 saturated heterocycles. The van der Waals surface area contributed by atoms with Crippen molar-refractivity contribution in [2.45, 2.75) is 20.4 Å². The summed E-state index contributed by atoms with van der Waals surface area (Å²) in [4.78, 5) is 37.1. The van der Waals surface area contributed by atoms with E-state index >= 15 is 0 Å². The molecule has 0 bridgehead atoms. The van der Waals surface area contributed by atoms with Crippen molar-refractivity contribution in [3.05, 3.63) is 56.9 Å². The predicted molar refractivity (Wildman–Crippen MR) is 99.2 cm³/mol. The molecule has 26 heavy (non-hydrogen) atoms. The Morgan fingerprint density at radius 3 is 2.54 bits per heavy atom. The molecule has 7 nitrogen and oxygen atoms in total. The Hall–Kier alpha value is -3.09. The van der Waals surface area contributed by atoms with Crippen molar-refractivity contribution in [2.24, 2.45) is 14.1 Å². The van der Waals surface area contributed by atoms with Gasteiger partial charge in [0, 0.05) is 20.3 Å². The molecule has 0 aliphatic heterocycles. The minimum absolute atomic E-state index is 0.0386. The molecule has 3 rings (SSSR count). The maximum Gasteiger partial charge on any atom is 0.330 e. The minimum atomic E-state index is -0.411. The fourth-order valence-electron chi connectivity index (χ4n) is 3.16. The zero-order chi connectivity index (χ0) is 19.0. The van der Waals surface area contributed by atoms with E-state index < -0.39 is 11.7 Å². The molecular formula is C19H21N3O4. The topological polar surface area (TPSA) is 75.2 Å². The van der Waals surface area contributed by atoms with Crippen molar-refractivity contribution in [1.82, 2.24) is 13.7 Å². The zero-order valence-corrected chi connectivity index (χ0v) is 15.3. The molecule has 2 heterocycles. The molecule has 0 atom stereocenters. The lowest BCUT2D eigenvalue weighted by molar-refractivity contribution is -0.143. The van der Waals surface area contributed by atoms with Crippen LogP contribution in [0.3, 0.4) is 0 Å². The monoisotopic (exact) mass is 355 g/mol. The van der Waals surface area contributed by atoms with E-state index in [0.29, 0.717) is 16.6 Å². The van der Waals surface area contributed by atoms with Crippen LogP contribution in [-0.4, -0.2) is 26.3 Å². The van der Waals surface area contributed by atoms with Crippen LogP contribution >= 0.6 is 0 Å². The molecule has 3 aromatic rings. The average molecular weight is 355 g/mol. The number of fused-ring (bicyclic) bond motifs is 1. The molecule has 0 amide bonds. The minimum Gasteiger partial charge on any atom is -0.465 e. The second-order valence-corrected chi connectivity index (χ2v) is 6.25. The van der Waals surface area contributed by atoms with Gasteiger partial charge >= 0.3 is 11.7 Å². The van der Waals surface area contributed by atoms with Gasteiger partial charge in [-0.05, 0) is 25.5 Å². The van der Waals surface area contributed by atoms with E-state index in [1.165, 1.54) is 11.6 Å². The molecule has 0 unspecified atom stereocenters. The Morgan fingerprint density at radius 1 is 1.15 bits per heavy atom. The third kappa shape index (κ3) is 2.85. The largest absolute Gasteiger partial charge is 0.465 e. The molecule has 0 aliphatic rings. The number of nitrogens with zero attached hydrogens (tertiary/aromatic N) is 3. The Bertz CT molecular complexity index is 1120. The number of esters is 1. The first-order chi connectivity index (χ1) is 12.3. The van der Waals surface area contributed by atoms with E-state index in [1.54, 1.807) is 24.7 Å². The molecule has 0 saturated carbocycles. The summed E-state index contributed by atoms with van der Waals surface area (Å²) in [6.07, 6.45) is 1.66. The lowest BCUT2D eigenvalue weighted by atomic mass is 10.1. The van der Waals surface area contributed by atoms with Crippen LogP contribution in [0.15, 0.2) is 40.1 Å². The van der Waals surface area contributed by atoms with E-state index in [1.807, 2.05) is 31.2 Å². The number of ether oxygens (including phenoxy) is 1. The Balaban J connectivity index is 2.39. The molecule has 0 spiro atoms. The van der Waals surface area contributed by atoms with Gasteiger partial charge in [0.05, 0.1) is 23.2 Å². The van der Waals surface area contributed by atoms with Crippen molar-refractivity contribution < 1.29 is 9.53 Å². The average Bonchev–Trinajstić information content (AvgIpc) is 2.97. The highest BCUT2D eigenvalue weighted by atomic mass is 16.5. The quantitative estimate of drug-likeness (QED) is 0.666. The van der Waals surface area contributed by atoms with Crippen molar-refractivity contribution >= 4 is 16.9 Å². The molecule has 0 aliphatic carbocycles. The Labute approximate surface area is 150 Å². The maximum absolute atomic E-state index is 12.8. The number of rotatable bonds is 4. The first-order valence-corrected chi connectivity index (χ1v) is 8.36. The van der Waals surface area contributed by atoms with Gasteiger partial charge in [-0.15, -0.1) is 0 Å². The van der Waals surface area contributed by atoms with E-state index in [2.05, 4.69) is 0 Å². The third-order valence-corrected chi connectivity index (χ3v) is 4.41. The van der Waals surface area contributed by atoms with Gasteiger partial charge in [-0.3, -0.25) is 18.7 Å². The van der Waals surface area contributed by atoms with Crippen LogP contribution in [0.25, 0.3) is 22.2 Å². The summed E-state index contributed by atoms with van der Waals surface area (Å²) in [5.74, 6) is -0.400. The van der Waals surface area contributed by atoms with E-state index in [9.17, 15) is 14.4 Å². The highest BCUT2D eigenvalue weighted by molar-refractivity contribution is 5.94. The van der Waals surface area contributed by atoms with E-state index in [-0.39, 0.29) is 18.7 Å². The van der Waals surface area contributed by atoms with Gasteiger partial charge in [0.1, 0.15) is 6.54 Å². The SMILES string of the molecule is CCOC(=O)Cn1cc2c(c1-c1cccc(C)c1)c(=O)n(C)c(=O)n2C. The van der Waals surface area contributed by atoms with Crippen LogP contribution in [0.4, 0.5) is 0 Å². The molecule has 136 valence electrons. The predicted octanol–water partition coefficient (Wildman–Crippen LogP) is 1.58. The summed E-state index contributed by atoms with van der Waals surface area (Å²) in [5, 5.41) is 0.407. The lowest BCUT2D eigenvalue weighted by Gasteiger charge is -2.10. The standard InChI is InChI=1S/C19H21N3O4/c1-5-26-15(23)11-22-10-14-16(18(24)21(4)19(25)20(14)3)17(22)13-8-6-7-12(2)9-13/h6-10H,5,11H2,1-4H3. The number of benzene rings is 1. The zero-order valence-electron chi connectivity index (χ0n) is 15.3. The molecule has 1 aromatic carbocycles. The molecule has 0 fully saturated rings. The summed E-state index contributed by atoms with van der Waals surface area (Å²) in [6.45, 7) is 3.94. The van der Waals surface area contributed by atoms with Crippen LogP contribution in [0, 0.1) is 6.92 Å². The highest BCUT2D eigenvalue weighted by Gasteiger charge is 2.20. The van der Waals surface area contributed by atoms with Crippen LogP contribution in [0.1, 0.15) is 12.5 Å². The smallest absolute Gasteiger partial charge is 0.330 e. The maximum atomic E-state index is 12.8. The number of carbonyl (C=O) groups excluding carboxylic acids is 1. The Morgan fingerprint density at radius 2 is 1.88 bits per heavy atom. The van der Waals surface area contributed by atoms with Gasteiger partial charge in [-0.2, -0.15) is 0 Å². The molecule has 0 radical (unpaired) electrons. The first-order valence-electron chi connectivity index (χ1n) is 8.36. The Kier molecular flexibility index (Phi) is 4.54. The molecule has 7 heteroatoms. The first kappa shape index (κ1) is 17.7. The van der Waals surface area contributed by atoms with Crippen molar-refractivity contribution in [2.75, 3.05) is 6.61 Å². The van der Waals surface area contributed by atoms with E-state index in [4.69, 9.17) is 4.74 Å². The fourth-order valence-corrected chi connectivity index (χ4v) is 3.16. The summed E-state index contributed by atoms with van der Waals surface area (Å²) >= 11 is 0. The van der Waals surface area contributed by atoms with Gasteiger partial charge in [-0.25, -0.2) is 4.79 Å². The normalized spacial score (nSPS) is 11.1. The van der Waals surface area contributed by atoms with Crippen LogP contribution in [0.5, 0.6) is 0 Å². The lowest BCUT2D eigenvalue weighted by Crippen LogP contribution is -2.36.